The number of methoxy groups -OCH3 is 1. The predicted molar refractivity (Wildman–Crippen MR) is 115 cm³/mol. The van der Waals surface area contributed by atoms with Crippen molar-refractivity contribution in [3.8, 4) is 17.0 Å². The summed E-state index contributed by atoms with van der Waals surface area (Å²) < 4.78 is 11.2. The maximum Gasteiger partial charge on any atom is 0.337 e. The Morgan fingerprint density at radius 1 is 1.14 bits per heavy atom. The number of ether oxygens (including phenoxy) is 2. The number of hydrogen-bond acceptors (Lipinski definition) is 4. The van der Waals surface area contributed by atoms with Crippen LogP contribution in [0.4, 0.5) is 0 Å². The van der Waals surface area contributed by atoms with E-state index >= 15 is 0 Å². The molecular formula is C23H24ClNO4. The van der Waals surface area contributed by atoms with Crippen molar-refractivity contribution >= 4 is 28.5 Å². The minimum absolute atomic E-state index is 0.493. The average Bonchev–Trinajstić information content (AvgIpc) is 2.64. The van der Waals surface area contributed by atoms with Crippen LogP contribution in [0.1, 0.15) is 38.0 Å². The highest BCUT2D eigenvalue weighted by molar-refractivity contribution is 6.30. The standard InChI is InChI=1S/C23H24ClNO4/c1-13-12-17-16(10-11-18(25-17)28-5)20(14-6-8-15(24)9-7-14)19(13)21(22(26)27)29-23(2,3)4/h6-12,21H,1-5H3,(H,26,27)/t21-/m0/s1. The molecule has 0 fully saturated rings. The van der Waals surface area contributed by atoms with E-state index in [4.69, 9.17) is 21.1 Å². The lowest BCUT2D eigenvalue weighted by atomic mass is 9.88. The molecule has 0 saturated carbocycles. The largest absolute Gasteiger partial charge is 0.481 e. The summed E-state index contributed by atoms with van der Waals surface area (Å²) in [5.74, 6) is -0.550. The molecule has 29 heavy (non-hydrogen) atoms. The van der Waals surface area contributed by atoms with Gasteiger partial charge in [-0.3, -0.25) is 0 Å². The Bertz CT molecular complexity index is 1060. The summed E-state index contributed by atoms with van der Waals surface area (Å²) in [5.41, 5.74) is 3.07. The zero-order valence-electron chi connectivity index (χ0n) is 17.1. The number of aliphatic carboxylic acids is 1. The van der Waals surface area contributed by atoms with Crippen molar-refractivity contribution in [1.29, 1.82) is 0 Å². The molecule has 0 unspecified atom stereocenters. The van der Waals surface area contributed by atoms with Crippen molar-refractivity contribution in [3.05, 3.63) is 58.6 Å². The Kier molecular flexibility index (Phi) is 5.82. The minimum atomic E-state index is -1.13. The van der Waals surface area contributed by atoms with E-state index in [1.165, 1.54) is 0 Å². The molecule has 152 valence electrons. The highest BCUT2D eigenvalue weighted by Crippen LogP contribution is 2.40. The van der Waals surface area contributed by atoms with Gasteiger partial charge in [0, 0.05) is 22.0 Å². The van der Waals surface area contributed by atoms with Gasteiger partial charge in [-0.15, -0.1) is 0 Å². The molecule has 1 heterocycles. The second kappa shape index (κ2) is 8.01. The molecule has 0 radical (unpaired) electrons. The fourth-order valence-electron chi connectivity index (χ4n) is 3.37. The molecular weight excluding hydrogens is 390 g/mol. The Balaban J connectivity index is 2.38. The van der Waals surface area contributed by atoms with Crippen LogP contribution < -0.4 is 4.74 Å². The summed E-state index contributed by atoms with van der Waals surface area (Å²) in [6.45, 7) is 7.40. The molecule has 0 saturated heterocycles. The first-order valence-electron chi connectivity index (χ1n) is 9.25. The van der Waals surface area contributed by atoms with Gasteiger partial charge in [0.15, 0.2) is 6.10 Å². The number of carbonyl (C=O) groups is 1. The van der Waals surface area contributed by atoms with Crippen LogP contribution in [0.5, 0.6) is 5.88 Å². The molecule has 0 aliphatic heterocycles. The fourth-order valence-corrected chi connectivity index (χ4v) is 3.49. The van der Waals surface area contributed by atoms with E-state index in [0.717, 1.165) is 27.6 Å². The van der Waals surface area contributed by atoms with Gasteiger partial charge in [-0.1, -0.05) is 23.7 Å². The summed E-state index contributed by atoms with van der Waals surface area (Å²) in [6.07, 6.45) is -1.13. The maximum atomic E-state index is 12.2. The van der Waals surface area contributed by atoms with Crippen molar-refractivity contribution in [3.63, 3.8) is 0 Å². The van der Waals surface area contributed by atoms with E-state index in [-0.39, 0.29) is 0 Å². The number of nitrogens with zero attached hydrogens (tertiary/aromatic N) is 1. The van der Waals surface area contributed by atoms with E-state index in [2.05, 4.69) is 4.98 Å². The van der Waals surface area contributed by atoms with E-state index in [1.807, 2.05) is 52.0 Å². The number of hydrogen-bond donors (Lipinski definition) is 1. The molecule has 0 aliphatic rings. The molecule has 0 bridgehead atoms. The van der Waals surface area contributed by atoms with E-state index in [1.54, 1.807) is 25.3 Å². The van der Waals surface area contributed by atoms with Gasteiger partial charge < -0.3 is 14.6 Å². The molecule has 1 N–H and O–H groups in total. The highest BCUT2D eigenvalue weighted by atomic mass is 35.5. The molecule has 3 aromatic rings. The third-order valence-corrected chi connectivity index (χ3v) is 4.77. The molecule has 2 aromatic carbocycles. The first-order valence-corrected chi connectivity index (χ1v) is 9.63. The summed E-state index contributed by atoms with van der Waals surface area (Å²) in [7, 11) is 1.56. The van der Waals surface area contributed by atoms with Gasteiger partial charge >= 0.3 is 5.97 Å². The van der Waals surface area contributed by atoms with Gasteiger partial charge in [0.05, 0.1) is 18.2 Å². The van der Waals surface area contributed by atoms with Crippen LogP contribution in [-0.4, -0.2) is 28.8 Å². The molecule has 1 atom stereocenters. The summed E-state index contributed by atoms with van der Waals surface area (Å²) >= 11 is 6.08. The van der Waals surface area contributed by atoms with Gasteiger partial charge in [-0.05, 0) is 68.7 Å². The number of aromatic nitrogens is 1. The number of carboxylic acids is 1. The number of aryl methyl sites for hydroxylation is 1. The minimum Gasteiger partial charge on any atom is -0.481 e. The van der Waals surface area contributed by atoms with Crippen molar-refractivity contribution in [2.45, 2.75) is 39.4 Å². The predicted octanol–water partition coefficient (Wildman–Crippen LogP) is 5.81. The number of rotatable bonds is 5. The quantitative estimate of drug-likeness (QED) is 0.571. The van der Waals surface area contributed by atoms with Gasteiger partial charge in [0.25, 0.3) is 0 Å². The Morgan fingerprint density at radius 3 is 2.34 bits per heavy atom. The summed E-state index contributed by atoms with van der Waals surface area (Å²) in [5, 5.41) is 11.4. The zero-order valence-corrected chi connectivity index (χ0v) is 17.9. The first kappa shape index (κ1) is 21.1. The maximum absolute atomic E-state index is 12.2. The van der Waals surface area contributed by atoms with Crippen molar-refractivity contribution < 1.29 is 19.4 Å². The third kappa shape index (κ3) is 4.52. The third-order valence-electron chi connectivity index (χ3n) is 4.52. The Hall–Kier alpha value is -2.63. The van der Waals surface area contributed by atoms with Gasteiger partial charge in [-0.2, -0.15) is 0 Å². The molecule has 0 spiro atoms. The monoisotopic (exact) mass is 413 g/mol. The van der Waals surface area contributed by atoms with E-state index in [0.29, 0.717) is 16.5 Å². The van der Waals surface area contributed by atoms with Crippen LogP contribution in [0, 0.1) is 6.92 Å². The van der Waals surface area contributed by atoms with Gasteiger partial charge in [-0.25, -0.2) is 9.78 Å². The zero-order chi connectivity index (χ0) is 21.3. The normalized spacial score (nSPS) is 12.8. The van der Waals surface area contributed by atoms with Crippen LogP contribution in [0.15, 0.2) is 42.5 Å². The Morgan fingerprint density at radius 2 is 1.79 bits per heavy atom. The van der Waals surface area contributed by atoms with Crippen LogP contribution in [-0.2, 0) is 9.53 Å². The topological polar surface area (TPSA) is 68.7 Å². The van der Waals surface area contributed by atoms with E-state index < -0.39 is 17.7 Å². The van der Waals surface area contributed by atoms with Gasteiger partial charge in [0.2, 0.25) is 5.88 Å². The fraction of sp³-hybridized carbons (Fsp3) is 0.304. The summed E-state index contributed by atoms with van der Waals surface area (Å²) in [6, 6.07) is 12.8. The van der Waals surface area contributed by atoms with Crippen molar-refractivity contribution in [2.24, 2.45) is 0 Å². The van der Waals surface area contributed by atoms with Crippen LogP contribution in [0.2, 0.25) is 5.02 Å². The number of halogens is 1. The molecule has 3 rings (SSSR count). The lowest BCUT2D eigenvalue weighted by Crippen LogP contribution is -2.28. The lowest BCUT2D eigenvalue weighted by molar-refractivity contribution is -0.160. The van der Waals surface area contributed by atoms with Crippen molar-refractivity contribution in [2.75, 3.05) is 7.11 Å². The van der Waals surface area contributed by atoms with E-state index in [9.17, 15) is 9.90 Å². The molecule has 0 aliphatic carbocycles. The molecule has 5 nitrogen and oxygen atoms in total. The SMILES string of the molecule is COc1ccc2c(-c3ccc(Cl)cc3)c([C@H](OC(C)(C)C)C(=O)O)c(C)cc2n1. The number of carboxylic acid groups (broad SMARTS) is 1. The molecule has 1 aromatic heterocycles. The second-order valence-electron chi connectivity index (χ2n) is 7.86. The second-order valence-corrected chi connectivity index (χ2v) is 8.29. The molecule has 0 amide bonds. The average molecular weight is 414 g/mol. The highest BCUT2D eigenvalue weighted by Gasteiger charge is 2.31. The number of fused-ring (bicyclic) bond motifs is 1. The first-order chi connectivity index (χ1) is 13.6. The van der Waals surface area contributed by atoms with Crippen LogP contribution in [0.25, 0.3) is 22.0 Å². The van der Waals surface area contributed by atoms with Crippen molar-refractivity contribution in [1.82, 2.24) is 4.98 Å². The molecule has 6 heteroatoms. The number of benzene rings is 2. The lowest BCUT2D eigenvalue weighted by Gasteiger charge is -2.28. The van der Waals surface area contributed by atoms with Crippen LogP contribution >= 0.6 is 11.6 Å². The number of pyridine rings is 1. The smallest absolute Gasteiger partial charge is 0.337 e. The van der Waals surface area contributed by atoms with Crippen LogP contribution in [0.3, 0.4) is 0 Å². The summed E-state index contributed by atoms with van der Waals surface area (Å²) in [4.78, 5) is 16.8. The van der Waals surface area contributed by atoms with Gasteiger partial charge in [0.1, 0.15) is 0 Å². The Labute approximate surface area is 175 Å².